The van der Waals surface area contributed by atoms with E-state index in [1.54, 1.807) is 32.9 Å². The van der Waals surface area contributed by atoms with E-state index >= 15 is 8.78 Å². The lowest BCUT2D eigenvalue weighted by Crippen LogP contribution is -2.44. The van der Waals surface area contributed by atoms with Crippen molar-refractivity contribution in [3.63, 3.8) is 0 Å². The van der Waals surface area contributed by atoms with Gasteiger partial charge in [0.2, 0.25) is 0 Å². The smallest absolute Gasteiger partial charge is 0.410 e. The number of hydrogen-bond donors (Lipinski definition) is 1. The molecule has 1 aromatic heterocycles. The van der Waals surface area contributed by atoms with Gasteiger partial charge in [-0.3, -0.25) is 0 Å². The number of amides is 1. The van der Waals surface area contributed by atoms with E-state index in [9.17, 15) is 4.79 Å². The SMILES string of the molecule is Cc1nnc(N[C@H](C)c2cccc(C(F)(F)C3CCN(C(=O)OC(C)(C)C)CC3)c2)c2cc(N3CCOCC3)c(OCCCCCCCOCc3ccccc3)cc12. The van der Waals surface area contributed by atoms with Crippen LogP contribution in [0.3, 0.4) is 0 Å². The van der Waals surface area contributed by atoms with Crippen LogP contribution >= 0.6 is 0 Å². The monoisotopic (exact) mass is 801 g/mol. The molecule has 0 radical (unpaired) electrons. The number of anilines is 2. The summed E-state index contributed by atoms with van der Waals surface area (Å²) in [5.41, 5.74) is 3.01. The van der Waals surface area contributed by atoms with Crippen molar-refractivity contribution < 1.29 is 32.5 Å². The van der Waals surface area contributed by atoms with Crippen molar-refractivity contribution in [2.75, 3.05) is 62.8 Å². The third-order valence-corrected chi connectivity index (χ3v) is 11.0. The molecule has 314 valence electrons. The lowest BCUT2D eigenvalue weighted by Gasteiger charge is -2.36. The first-order chi connectivity index (χ1) is 27.9. The third-order valence-electron chi connectivity index (χ3n) is 11.0. The van der Waals surface area contributed by atoms with Crippen molar-refractivity contribution in [2.24, 2.45) is 5.92 Å². The predicted molar refractivity (Wildman–Crippen MR) is 225 cm³/mol. The summed E-state index contributed by atoms with van der Waals surface area (Å²) in [5, 5.41) is 14.4. The second-order valence-electron chi connectivity index (χ2n) is 16.6. The molecule has 0 bridgehead atoms. The van der Waals surface area contributed by atoms with Crippen LogP contribution in [0.15, 0.2) is 66.7 Å². The number of halogens is 2. The minimum Gasteiger partial charge on any atom is -0.491 e. The van der Waals surface area contributed by atoms with E-state index in [4.69, 9.17) is 18.9 Å². The Labute approximate surface area is 342 Å². The standard InChI is InChI=1S/C46H61F2N5O5/c1-33(36-17-14-18-38(29-36)46(47,48)37-19-21-53(22-20-37)44(54)58-45(3,4)5)49-43-40-30-41(52-23-27-55-28-24-52)42(31-39(40)34(2)50-51-43)57-26-13-8-6-7-12-25-56-32-35-15-10-9-11-16-35/h9-11,14-18,29-31,33,37H,6-8,12-13,19-28,32H2,1-5H3,(H,49,51)/t33-/m1/s1. The molecule has 2 saturated heterocycles. The minimum atomic E-state index is -3.06. The normalized spacial score (nSPS) is 16.1. The molecule has 3 heterocycles. The molecule has 2 aliphatic rings. The molecule has 12 heteroatoms. The summed E-state index contributed by atoms with van der Waals surface area (Å²) in [5.74, 6) is -2.56. The molecular weight excluding hydrogens is 741 g/mol. The third kappa shape index (κ3) is 11.6. The van der Waals surface area contributed by atoms with Crippen LogP contribution in [-0.2, 0) is 26.7 Å². The van der Waals surface area contributed by atoms with Gasteiger partial charge in [-0.25, -0.2) is 13.6 Å². The first-order valence-electron chi connectivity index (χ1n) is 21.0. The van der Waals surface area contributed by atoms with Crippen molar-refractivity contribution >= 4 is 28.4 Å². The number of rotatable bonds is 17. The van der Waals surface area contributed by atoms with Gasteiger partial charge in [0.1, 0.15) is 11.4 Å². The van der Waals surface area contributed by atoms with Gasteiger partial charge in [-0.15, -0.1) is 5.10 Å². The van der Waals surface area contributed by atoms with Gasteiger partial charge in [-0.2, -0.15) is 5.10 Å². The summed E-state index contributed by atoms with van der Waals surface area (Å²) in [6, 6.07) is 20.7. The Hall–Kier alpha value is -4.55. The van der Waals surface area contributed by atoms with Gasteiger partial charge in [0, 0.05) is 55.0 Å². The van der Waals surface area contributed by atoms with Crippen LogP contribution in [0.1, 0.15) is 101 Å². The highest BCUT2D eigenvalue weighted by Gasteiger charge is 2.44. The number of fused-ring (bicyclic) bond motifs is 1. The minimum absolute atomic E-state index is 0.0292. The van der Waals surface area contributed by atoms with E-state index in [1.807, 2.05) is 38.1 Å². The quantitative estimate of drug-likeness (QED) is 0.105. The maximum Gasteiger partial charge on any atom is 0.410 e. The molecule has 3 aromatic carbocycles. The van der Waals surface area contributed by atoms with Gasteiger partial charge in [0.25, 0.3) is 5.92 Å². The Bertz CT molecular complexity index is 1930. The summed E-state index contributed by atoms with van der Waals surface area (Å²) in [6.07, 6.45) is 5.26. The van der Waals surface area contributed by atoms with Crippen LogP contribution < -0.4 is 15.0 Å². The van der Waals surface area contributed by atoms with E-state index in [1.165, 1.54) is 16.5 Å². The van der Waals surface area contributed by atoms with Gasteiger partial charge in [0.15, 0.2) is 5.82 Å². The van der Waals surface area contributed by atoms with E-state index in [2.05, 4.69) is 44.7 Å². The number of aryl methyl sites for hydroxylation is 1. The number of nitrogens with one attached hydrogen (secondary N) is 1. The maximum absolute atomic E-state index is 16.1. The van der Waals surface area contributed by atoms with E-state index in [0.717, 1.165) is 79.7 Å². The number of likely N-dealkylation sites (tertiary alicyclic amines) is 1. The number of carbonyl (C=O) groups excluding carboxylic acids is 1. The van der Waals surface area contributed by atoms with E-state index in [0.29, 0.717) is 37.8 Å². The van der Waals surface area contributed by atoms with E-state index < -0.39 is 23.5 Å². The molecule has 58 heavy (non-hydrogen) atoms. The zero-order chi connectivity index (χ0) is 41.1. The molecule has 1 atom stereocenters. The molecule has 4 aromatic rings. The summed E-state index contributed by atoms with van der Waals surface area (Å²) < 4.78 is 55.6. The second-order valence-corrected chi connectivity index (χ2v) is 16.6. The average molecular weight is 802 g/mol. The predicted octanol–water partition coefficient (Wildman–Crippen LogP) is 10.2. The van der Waals surface area contributed by atoms with Crippen molar-refractivity contribution in [3.8, 4) is 5.75 Å². The Balaban J connectivity index is 1.08. The number of hydrogen-bond acceptors (Lipinski definition) is 9. The Kier molecular flexibility index (Phi) is 14.8. The van der Waals surface area contributed by atoms with Gasteiger partial charge in [-0.1, -0.05) is 67.8 Å². The number of alkyl halides is 2. The number of nitrogens with zero attached hydrogens (tertiary/aromatic N) is 4. The first kappa shape index (κ1) is 43.0. The number of benzene rings is 3. The molecule has 2 aliphatic heterocycles. The Morgan fingerprint density at radius 2 is 1.59 bits per heavy atom. The molecule has 0 saturated carbocycles. The summed E-state index contributed by atoms with van der Waals surface area (Å²) in [7, 11) is 0. The summed E-state index contributed by atoms with van der Waals surface area (Å²) in [4.78, 5) is 16.4. The highest BCUT2D eigenvalue weighted by atomic mass is 19.3. The molecule has 0 aliphatic carbocycles. The van der Waals surface area contributed by atoms with Gasteiger partial charge >= 0.3 is 6.09 Å². The average Bonchev–Trinajstić information content (AvgIpc) is 3.22. The maximum atomic E-state index is 16.1. The van der Waals surface area contributed by atoms with Crippen LogP contribution in [0.25, 0.3) is 10.8 Å². The van der Waals surface area contributed by atoms with Crippen LogP contribution in [0.2, 0.25) is 0 Å². The number of morpholine rings is 1. The van der Waals surface area contributed by atoms with Crippen LogP contribution in [-0.4, -0.2) is 79.4 Å². The Morgan fingerprint density at radius 3 is 2.31 bits per heavy atom. The summed E-state index contributed by atoms with van der Waals surface area (Å²) in [6.45, 7) is 14.5. The molecule has 0 unspecified atom stereocenters. The molecule has 6 rings (SSSR count). The van der Waals surface area contributed by atoms with E-state index in [-0.39, 0.29) is 37.5 Å². The zero-order valence-corrected chi connectivity index (χ0v) is 34.9. The number of aromatic nitrogens is 2. The van der Waals surface area contributed by atoms with Crippen molar-refractivity contribution in [3.05, 3.63) is 89.1 Å². The highest BCUT2D eigenvalue weighted by molar-refractivity contribution is 5.97. The number of piperidine rings is 1. The largest absolute Gasteiger partial charge is 0.491 e. The first-order valence-corrected chi connectivity index (χ1v) is 21.0. The lowest BCUT2D eigenvalue weighted by atomic mass is 9.85. The molecule has 10 nitrogen and oxygen atoms in total. The van der Waals surface area contributed by atoms with Gasteiger partial charge in [0.05, 0.1) is 43.9 Å². The number of ether oxygens (including phenoxy) is 4. The fourth-order valence-electron chi connectivity index (χ4n) is 7.64. The Morgan fingerprint density at radius 1 is 0.879 bits per heavy atom. The fourth-order valence-corrected chi connectivity index (χ4v) is 7.64. The van der Waals surface area contributed by atoms with Crippen molar-refractivity contribution in [1.82, 2.24) is 15.1 Å². The number of unbranched alkanes of at least 4 members (excludes halogenated alkanes) is 4. The van der Waals surface area contributed by atoms with Gasteiger partial charge < -0.3 is 34.1 Å². The molecule has 2 fully saturated rings. The lowest BCUT2D eigenvalue weighted by molar-refractivity contribution is -0.0861. The molecular formula is C46H61F2N5O5. The zero-order valence-electron chi connectivity index (χ0n) is 34.9. The molecule has 0 spiro atoms. The molecule has 1 N–H and O–H groups in total. The second kappa shape index (κ2) is 19.9. The highest BCUT2D eigenvalue weighted by Crippen LogP contribution is 2.43. The van der Waals surface area contributed by atoms with Crippen LogP contribution in [0, 0.1) is 12.8 Å². The number of carbonyl (C=O) groups is 1. The fraction of sp³-hybridized carbons (Fsp3) is 0.543. The van der Waals surface area contributed by atoms with Crippen molar-refractivity contribution in [1.29, 1.82) is 0 Å². The van der Waals surface area contributed by atoms with Crippen LogP contribution in [0.5, 0.6) is 5.75 Å². The van der Waals surface area contributed by atoms with Crippen LogP contribution in [0.4, 0.5) is 25.1 Å². The van der Waals surface area contributed by atoms with Crippen molar-refractivity contribution in [2.45, 2.75) is 104 Å². The molecule has 1 amide bonds. The summed E-state index contributed by atoms with van der Waals surface area (Å²) >= 11 is 0. The topological polar surface area (TPSA) is 98.3 Å². The van der Waals surface area contributed by atoms with Gasteiger partial charge in [-0.05, 0) is 89.6 Å².